The number of allylic oxidation sites excluding steroid dienone is 3. The quantitative estimate of drug-likeness (QED) is 0.618. The predicted molar refractivity (Wildman–Crippen MR) is 45.5 cm³/mol. The summed E-state index contributed by atoms with van der Waals surface area (Å²) in [6, 6.07) is 0. The van der Waals surface area contributed by atoms with Crippen molar-refractivity contribution in [2.75, 3.05) is 7.11 Å². The third-order valence-electron chi connectivity index (χ3n) is 2.84. The molecule has 2 atom stereocenters. The topological polar surface area (TPSA) is 9.23 Å². The summed E-state index contributed by atoms with van der Waals surface area (Å²) >= 11 is 2.99. The van der Waals surface area contributed by atoms with Crippen molar-refractivity contribution >= 4 is 4.57 Å². The average molecular weight is 200 g/mol. The SMILES string of the molecule is CO[C](=[Cr])C1=C(C)C2C=CC1C2. The van der Waals surface area contributed by atoms with E-state index in [1.807, 2.05) is 0 Å². The van der Waals surface area contributed by atoms with E-state index in [0.717, 1.165) is 4.57 Å². The molecule has 0 aromatic carbocycles. The van der Waals surface area contributed by atoms with E-state index < -0.39 is 0 Å². The predicted octanol–water partition coefficient (Wildman–Crippen LogP) is 1.83. The van der Waals surface area contributed by atoms with Crippen LogP contribution >= 0.6 is 0 Å². The summed E-state index contributed by atoms with van der Waals surface area (Å²) in [6.45, 7) is 2.21. The molecule has 0 heterocycles. The molecule has 64 valence electrons. The van der Waals surface area contributed by atoms with Gasteiger partial charge in [-0.25, -0.2) is 0 Å². The molecule has 0 aromatic rings. The van der Waals surface area contributed by atoms with Gasteiger partial charge >= 0.3 is 80.7 Å². The van der Waals surface area contributed by atoms with Crippen LogP contribution in [0, 0.1) is 11.8 Å². The van der Waals surface area contributed by atoms with Crippen molar-refractivity contribution in [1.29, 1.82) is 0 Å². The van der Waals surface area contributed by atoms with Crippen molar-refractivity contribution in [2.24, 2.45) is 11.8 Å². The van der Waals surface area contributed by atoms with Gasteiger partial charge in [-0.2, -0.15) is 0 Å². The number of methoxy groups -OCH3 is 1. The Morgan fingerprint density at radius 1 is 1.50 bits per heavy atom. The van der Waals surface area contributed by atoms with E-state index in [4.69, 9.17) is 4.74 Å². The molecule has 12 heavy (non-hydrogen) atoms. The Morgan fingerprint density at radius 3 is 2.67 bits per heavy atom. The summed E-state index contributed by atoms with van der Waals surface area (Å²) < 4.78 is 6.20. The molecule has 0 radical (unpaired) electrons. The third kappa shape index (κ3) is 1.07. The zero-order valence-electron chi connectivity index (χ0n) is 7.33. The molecule has 0 fully saturated rings. The Hall–Kier alpha value is -0.158. The number of hydrogen-bond donors (Lipinski definition) is 0. The average Bonchev–Trinajstić information content (AvgIpc) is 2.63. The molecular weight excluding hydrogens is 188 g/mol. The molecule has 2 aliphatic carbocycles. The molecule has 0 N–H and O–H groups in total. The third-order valence-corrected chi connectivity index (χ3v) is 3.44. The van der Waals surface area contributed by atoms with Gasteiger partial charge in [-0.3, -0.25) is 0 Å². The molecule has 0 saturated carbocycles. The second kappa shape index (κ2) is 2.96. The molecule has 0 saturated heterocycles. The molecule has 2 rings (SSSR count). The van der Waals surface area contributed by atoms with Crippen LogP contribution in [0.15, 0.2) is 23.3 Å². The van der Waals surface area contributed by atoms with E-state index in [1.54, 1.807) is 7.11 Å². The van der Waals surface area contributed by atoms with E-state index in [2.05, 4.69) is 34.9 Å². The second-order valence-electron chi connectivity index (χ2n) is 3.42. The molecule has 2 aliphatic rings. The summed E-state index contributed by atoms with van der Waals surface area (Å²) in [5.74, 6) is 1.30. The van der Waals surface area contributed by atoms with Crippen LogP contribution < -0.4 is 0 Å². The van der Waals surface area contributed by atoms with E-state index in [-0.39, 0.29) is 0 Å². The summed E-state index contributed by atoms with van der Waals surface area (Å²) in [4.78, 5) is 0. The molecule has 0 aliphatic heterocycles. The number of rotatable bonds is 2. The summed E-state index contributed by atoms with van der Waals surface area (Å²) in [5, 5.41) is 0. The first-order valence-corrected chi connectivity index (χ1v) is 4.85. The Balaban J connectivity index is 2.32. The van der Waals surface area contributed by atoms with Crippen LogP contribution in [0.1, 0.15) is 13.3 Å². The van der Waals surface area contributed by atoms with E-state index in [1.165, 1.54) is 17.6 Å². The van der Waals surface area contributed by atoms with Gasteiger partial charge in [-0.1, -0.05) is 0 Å². The van der Waals surface area contributed by atoms with Crippen molar-refractivity contribution in [3.63, 3.8) is 0 Å². The molecule has 2 unspecified atom stereocenters. The Morgan fingerprint density at radius 2 is 2.17 bits per heavy atom. The van der Waals surface area contributed by atoms with Crippen molar-refractivity contribution in [3.05, 3.63) is 23.3 Å². The van der Waals surface area contributed by atoms with E-state index >= 15 is 0 Å². The van der Waals surface area contributed by atoms with Gasteiger partial charge in [0.15, 0.2) is 0 Å². The van der Waals surface area contributed by atoms with Crippen LogP contribution in [-0.2, 0) is 20.6 Å². The molecule has 0 spiro atoms. The van der Waals surface area contributed by atoms with Gasteiger partial charge < -0.3 is 0 Å². The van der Waals surface area contributed by atoms with Gasteiger partial charge in [-0.05, 0) is 0 Å². The standard InChI is InChI=1S/C10H12O.Cr/c1-7-8-3-4-9(5-8)10(7)6-11-2;/h3-4,8-9H,5H2,1-2H3;. The zero-order valence-corrected chi connectivity index (χ0v) is 8.61. The molecule has 0 aromatic heterocycles. The van der Waals surface area contributed by atoms with Gasteiger partial charge in [0, 0.05) is 0 Å². The molecule has 2 bridgehead atoms. The molecule has 1 nitrogen and oxygen atoms in total. The van der Waals surface area contributed by atoms with Crippen LogP contribution in [0.3, 0.4) is 0 Å². The van der Waals surface area contributed by atoms with Gasteiger partial charge in [0.25, 0.3) is 0 Å². The van der Waals surface area contributed by atoms with Crippen molar-refractivity contribution in [1.82, 2.24) is 0 Å². The minimum atomic E-state index is 0.617. The normalized spacial score (nSPS) is 31.8. The fraction of sp³-hybridized carbons (Fsp3) is 0.500. The minimum absolute atomic E-state index is 0.617. The Kier molecular flexibility index (Phi) is 2.08. The Labute approximate surface area is 81.1 Å². The number of fused-ring (bicyclic) bond motifs is 2. The first kappa shape index (κ1) is 8.44. The van der Waals surface area contributed by atoms with Crippen LogP contribution in [0.4, 0.5) is 0 Å². The molecule has 2 heteroatoms. The van der Waals surface area contributed by atoms with Gasteiger partial charge in [0.2, 0.25) is 0 Å². The first-order valence-electron chi connectivity index (χ1n) is 4.21. The fourth-order valence-corrected chi connectivity index (χ4v) is 2.64. The molecular formula is C10H12CrO. The first-order chi connectivity index (χ1) is 5.74. The summed E-state index contributed by atoms with van der Waals surface area (Å²) in [7, 11) is 1.72. The maximum absolute atomic E-state index is 5.23. The van der Waals surface area contributed by atoms with Crippen LogP contribution in [-0.4, -0.2) is 11.7 Å². The van der Waals surface area contributed by atoms with Crippen LogP contribution in [0.2, 0.25) is 0 Å². The second-order valence-corrected chi connectivity index (χ2v) is 4.00. The van der Waals surface area contributed by atoms with E-state index in [9.17, 15) is 0 Å². The van der Waals surface area contributed by atoms with Gasteiger partial charge in [0.05, 0.1) is 0 Å². The Bertz CT molecular complexity index is 288. The summed E-state index contributed by atoms with van der Waals surface area (Å²) in [5.41, 5.74) is 2.88. The van der Waals surface area contributed by atoms with Gasteiger partial charge in [-0.15, -0.1) is 0 Å². The van der Waals surface area contributed by atoms with Crippen molar-refractivity contribution < 1.29 is 20.6 Å². The summed E-state index contributed by atoms with van der Waals surface area (Å²) in [6.07, 6.45) is 5.87. The van der Waals surface area contributed by atoms with E-state index in [0.29, 0.717) is 11.8 Å². The van der Waals surface area contributed by atoms with Crippen LogP contribution in [0.25, 0.3) is 0 Å². The van der Waals surface area contributed by atoms with Crippen molar-refractivity contribution in [3.8, 4) is 0 Å². The maximum atomic E-state index is 5.23. The number of ether oxygens (including phenoxy) is 1. The fourth-order valence-electron chi connectivity index (χ4n) is 2.15. The van der Waals surface area contributed by atoms with Crippen LogP contribution in [0.5, 0.6) is 0 Å². The monoisotopic (exact) mass is 200 g/mol. The van der Waals surface area contributed by atoms with Gasteiger partial charge in [0.1, 0.15) is 0 Å². The van der Waals surface area contributed by atoms with Crippen molar-refractivity contribution in [2.45, 2.75) is 13.3 Å². The zero-order chi connectivity index (χ0) is 8.72. The number of hydrogen-bond acceptors (Lipinski definition) is 1. The molecule has 0 amide bonds.